The molecule has 3 heteroatoms. The van der Waals surface area contributed by atoms with E-state index in [1.807, 2.05) is 0 Å². The fraction of sp³-hybridized carbons (Fsp3) is 1.00. The van der Waals surface area contributed by atoms with Crippen molar-refractivity contribution in [3.05, 3.63) is 0 Å². The minimum atomic E-state index is -0.0119. The second-order valence-corrected chi connectivity index (χ2v) is 6.83. The maximum absolute atomic E-state index is 9.61. The third-order valence-corrected chi connectivity index (χ3v) is 5.59. The molecule has 0 bridgehead atoms. The Hall–Kier alpha value is -0.120. The minimum Gasteiger partial charge on any atom is -0.393 e. The molecule has 0 unspecified atom stereocenters. The highest BCUT2D eigenvalue weighted by Crippen LogP contribution is 2.27. The Morgan fingerprint density at radius 3 is 1.74 bits per heavy atom. The van der Waals surface area contributed by atoms with Crippen molar-refractivity contribution in [3.63, 3.8) is 0 Å². The van der Waals surface area contributed by atoms with Crippen LogP contribution >= 0.6 is 0 Å². The molecule has 0 aromatic heterocycles. The van der Waals surface area contributed by atoms with Crippen molar-refractivity contribution in [3.8, 4) is 0 Å². The first-order valence-corrected chi connectivity index (χ1v) is 8.49. The molecular weight excluding hydrogens is 236 g/mol. The number of hydrogen-bond donors (Lipinski definition) is 1. The minimum absolute atomic E-state index is 0.0119. The summed E-state index contributed by atoms with van der Waals surface area (Å²) in [6, 6.07) is 1.64. The molecule has 3 aliphatic rings. The lowest BCUT2D eigenvalue weighted by Crippen LogP contribution is -2.50. The molecule has 3 nitrogen and oxygen atoms in total. The number of aliphatic hydroxyl groups excluding tert-OH is 1. The van der Waals surface area contributed by atoms with Crippen molar-refractivity contribution in [2.75, 3.05) is 26.2 Å². The van der Waals surface area contributed by atoms with Gasteiger partial charge in [-0.05, 0) is 77.5 Å². The van der Waals surface area contributed by atoms with Gasteiger partial charge in [0.25, 0.3) is 0 Å². The molecule has 1 N–H and O–H groups in total. The number of nitrogens with zero attached hydrogens (tertiary/aromatic N) is 2. The zero-order chi connectivity index (χ0) is 13.1. The SMILES string of the molecule is OC1CCC(N2CCC(N3CCCCC3)CC2)CC1. The highest BCUT2D eigenvalue weighted by Gasteiger charge is 2.30. The predicted molar refractivity (Wildman–Crippen MR) is 78.3 cm³/mol. The van der Waals surface area contributed by atoms with Gasteiger partial charge in [-0.15, -0.1) is 0 Å². The van der Waals surface area contributed by atoms with Crippen LogP contribution in [0.5, 0.6) is 0 Å². The Kier molecular flexibility index (Phi) is 4.78. The van der Waals surface area contributed by atoms with E-state index >= 15 is 0 Å². The maximum atomic E-state index is 9.61. The smallest absolute Gasteiger partial charge is 0.0541 e. The first-order chi connectivity index (χ1) is 9.33. The van der Waals surface area contributed by atoms with Crippen LogP contribution in [0.3, 0.4) is 0 Å². The summed E-state index contributed by atoms with van der Waals surface area (Å²) in [5.74, 6) is 0. The lowest BCUT2D eigenvalue weighted by atomic mass is 9.90. The molecule has 3 fully saturated rings. The predicted octanol–water partition coefficient (Wildman–Crippen LogP) is 2.24. The van der Waals surface area contributed by atoms with Gasteiger partial charge < -0.3 is 14.9 Å². The highest BCUT2D eigenvalue weighted by atomic mass is 16.3. The summed E-state index contributed by atoms with van der Waals surface area (Å²) in [4.78, 5) is 5.47. The van der Waals surface area contributed by atoms with Gasteiger partial charge >= 0.3 is 0 Å². The molecule has 1 saturated carbocycles. The van der Waals surface area contributed by atoms with Crippen LogP contribution in [0.15, 0.2) is 0 Å². The van der Waals surface area contributed by atoms with E-state index in [0.717, 1.165) is 24.9 Å². The fourth-order valence-electron chi connectivity index (χ4n) is 4.32. The number of likely N-dealkylation sites (tertiary alicyclic amines) is 2. The second-order valence-electron chi connectivity index (χ2n) is 6.83. The van der Waals surface area contributed by atoms with E-state index in [9.17, 15) is 5.11 Å². The van der Waals surface area contributed by atoms with E-state index < -0.39 is 0 Å². The number of rotatable bonds is 2. The van der Waals surface area contributed by atoms with Crippen LogP contribution in [-0.2, 0) is 0 Å². The average Bonchev–Trinajstić information content (AvgIpc) is 2.49. The molecule has 0 aromatic rings. The molecule has 110 valence electrons. The van der Waals surface area contributed by atoms with Crippen LogP contribution in [0.25, 0.3) is 0 Å². The molecule has 0 radical (unpaired) electrons. The quantitative estimate of drug-likeness (QED) is 0.830. The Labute approximate surface area is 118 Å². The van der Waals surface area contributed by atoms with Crippen molar-refractivity contribution < 1.29 is 5.11 Å². The summed E-state index contributed by atoms with van der Waals surface area (Å²) >= 11 is 0. The lowest BCUT2D eigenvalue weighted by molar-refractivity contribution is 0.0376. The van der Waals surface area contributed by atoms with Crippen molar-refractivity contribution >= 4 is 0 Å². The Bertz CT molecular complexity index is 262. The molecule has 2 aliphatic heterocycles. The Morgan fingerprint density at radius 1 is 0.579 bits per heavy atom. The van der Waals surface area contributed by atoms with Crippen LogP contribution < -0.4 is 0 Å². The van der Waals surface area contributed by atoms with Crippen LogP contribution in [0.1, 0.15) is 57.8 Å². The molecular formula is C16H30N2O. The van der Waals surface area contributed by atoms with Crippen LogP contribution in [0.2, 0.25) is 0 Å². The first kappa shape index (κ1) is 13.8. The van der Waals surface area contributed by atoms with Crippen LogP contribution in [-0.4, -0.2) is 59.3 Å². The van der Waals surface area contributed by atoms with Gasteiger partial charge in [0.05, 0.1) is 6.10 Å². The largest absolute Gasteiger partial charge is 0.393 e. The van der Waals surface area contributed by atoms with Crippen molar-refractivity contribution in [1.29, 1.82) is 0 Å². The van der Waals surface area contributed by atoms with Crippen molar-refractivity contribution in [2.45, 2.75) is 76.0 Å². The molecule has 2 saturated heterocycles. The number of hydrogen-bond acceptors (Lipinski definition) is 3. The Morgan fingerprint density at radius 2 is 1.11 bits per heavy atom. The third-order valence-electron chi connectivity index (χ3n) is 5.59. The van der Waals surface area contributed by atoms with Crippen molar-refractivity contribution in [1.82, 2.24) is 9.80 Å². The molecule has 0 aromatic carbocycles. The normalized spacial score (nSPS) is 36.5. The van der Waals surface area contributed by atoms with Gasteiger partial charge in [-0.2, -0.15) is 0 Å². The summed E-state index contributed by atoms with van der Waals surface area (Å²) in [6.07, 6.45) is 11.5. The van der Waals surface area contributed by atoms with Gasteiger partial charge in [0.2, 0.25) is 0 Å². The van der Waals surface area contributed by atoms with E-state index in [1.165, 1.54) is 71.1 Å². The molecule has 1 aliphatic carbocycles. The summed E-state index contributed by atoms with van der Waals surface area (Å²) in [5.41, 5.74) is 0. The Balaban J connectivity index is 1.44. The zero-order valence-electron chi connectivity index (χ0n) is 12.3. The topological polar surface area (TPSA) is 26.7 Å². The van der Waals surface area contributed by atoms with E-state index in [4.69, 9.17) is 0 Å². The third kappa shape index (κ3) is 3.50. The molecule has 19 heavy (non-hydrogen) atoms. The fourth-order valence-corrected chi connectivity index (χ4v) is 4.32. The maximum Gasteiger partial charge on any atom is 0.0541 e. The molecule has 0 spiro atoms. The van der Waals surface area contributed by atoms with Gasteiger partial charge in [0.1, 0.15) is 0 Å². The standard InChI is InChI=1S/C16H30N2O/c19-16-6-4-14(5-7-16)18-12-8-15(9-13-18)17-10-2-1-3-11-17/h14-16,19H,1-13H2. The number of piperidine rings is 2. The summed E-state index contributed by atoms with van der Waals surface area (Å²) in [5, 5.41) is 9.61. The molecule has 3 rings (SSSR count). The van der Waals surface area contributed by atoms with Gasteiger partial charge in [0, 0.05) is 12.1 Å². The van der Waals surface area contributed by atoms with E-state index in [-0.39, 0.29) is 6.10 Å². The van der Waals surface area contributed by atoms with Crippen molar-refractivity contribution in [2.24, 2.45) is 0 Å². The average molecular weight is 266 g/mol. The summed E-state index contributed by atoms with van der Waals surface area (Å²) in [7, 11) is 0. The van der Waals surface area contributed by atoms with Gasteiger partial charge in [-0.1, -0.05) is 6.42 Å². The number of aliphatic hydroxyl groups is 1. The van der Waals surface area contributed by atoms with E-state index in [2.05, 4.69) is 9.80 Å². The second kappa shape index (κ2) is 6.55. The van der Waals surface area contributed by atoms with E-state index in [0.29, 0.717) is 0 Å². The molecule has 0 atom stereocenters. The van der Waals surface area contributed by atoms with Gasteiger partial charge in [-0.25, -0.2) is 0 Å². The van der Waals surface area contributed by atoms with E-state index in [1.54, 1.807) is 0 Å². The van der Waals surface area contributed by atoms with Crippen LogP contribution in [0, 0.1) is 0 Å². The van der Waals surface area contributed by atoms with Crippen LogP contribution in [0.4, 0.5) is 0 Å². The van der Waals surface area contributed by atoms with Gasteiger partial charge in [-0.3, -0.25) is 0 Å². The molecule has 0 amide bonds. The zero-order valence-corrected chi connectivity index (χ0v) is 12.3. The summed E-state index contributed by atoms with van der Waals surface area (Å²) < 4.78 is 0. The monoisotopic (exact) mass is 266 g/mol. The lowest BCUT2D eigenvalue weighted by Gasteiger charge is -2.44. The summed E-state index contributed by atoms with van der Waals surface area (Å²) in [6.45, 7) is 5.28. The van der Waals surface area contributed by atoms with Gasteiger partial charge in [0.15, 0.2) is 0 Å². The first-order valence-electron chi connectivity index (χ1n) is 8.49. The highest BCUT2D eigenvalue weighted by molar-refractivity contribution is 4.86. The molecule has 2 heterocycles.